The second kappa shape index (κ2) is 9.17. The molecule has 0 unspecified atom stereocenters. The summed E-state index contributed by atoms with van der Waals surface area (Å²) in [7, 11) is 1.58. The van der Waals surface area contributed by atoms with Crippen LogP contribution in [0.3, 0.4) is 0 Å². The molecule has 134 valence electrons. The summed E-state index contributed by atoms with van der Waals surface area (Å²) in [5.74, 6) is 1.43. The molecule has 1 heterocycles. The predicted molar refractivity (Wildman–Crippen MR) is 99.4 cm³/mol. The van der Waals surface area contributed by atoms with E-state index in [0.717, 1.165) is 16.3 Å². The number of carbonyl (C=O) groups excluding carboxylic acids is 1. The van der Waals surface area contributed by atoms with E-state index in [1.165, 1.54) is 0 Å². The second-order valence-corrected chi connectivity index (χ2v) is 7.01. The number of hydrazone groups is 1. The molecule has 7 heteroatoms. The number of nitrogens with one attached hydrogen (secondary N) is 1. The number of hydrogen-bond donors (Lipinski definition) is 1. The third kappa shape index (κ3) is 6.19. The Balaban J connectivity index is 1.97. The van der Waals surface area contributed by atoms with Crippen LogP contribution in [-0.4, -0.2) is 24.2 Å². The number of amides is 1. The monoisotopic (exact) mass is 361 g/mol. The Morgan fingerprint density at radius 2 is 2.20 bits per heavy atom. The maximum absolute atomic E-state index is 11.6. The Hall–Kier alpha value is -2.41. The summed E-state index contributed by atoms with van der Waals surface area (Å²) < 4.78 is 11.1. The molecule has 0 fully saturated rings. The van der Waals surface area contributed by atoms with Gasteiger partial charge in [0.05, 0.1) is 24.0 Å². The number of nitrogens with zero attached hydrogens (tertiary/aromatic N) is 2. The van der Waals surface area contributed by atoms with Crippen LogP contribution < -0.4 is 14.9 Å². The largest absolute Gasteiger partial charge is 0.493 e. The molecule has 0 aliphatic heterocycles. The number of benzene rings is 1. The van der Waals surface area contributed by atoms with Gasteiger partial charge in [-0.05, 0) is 36.6 Å². The first-order valence-electron chi connectivity index (χ1n) is 8.01. The van der Waals surface area contributed by atoms with E-state index in [1.54, 1.807) is 30.7 Å². The minimum Gasteiger partial charge on any atom is -0.493 e. The molecule has 0 bridgehead atoms. The van der Waals surface area contributed by atoms with Crippen LogP contribution >= 0.6 is 11.3 Å². The third-order valence-electron chi connectivity index (χ3n) is 3.23. The van der Waals surface area contributed by atoms with Crippen molar-refractivity contribution in [2.45, 2.75) is 33.8 Å². The SMILES string of the molecule is COc1cc(/C=N\NC(=O)CC(C)C)ccc1OCc1csc(C)n1. The molecule has 0 radical (unpaired) electrons. The zero-order valence-electron chi connectivity index (χ0n) is 14.9. The molecule has 0 saturated carbocycles. The fourth-order valence-corrected chi connectivity index (χ4v) is 2.70. The number of hydrogen-bond acceptors (Lipinski definition) is 6. The van der Waals surface area contributed by atoms with Crippen molar-refractivity contribution < 1.29 is 14.3 Å². The summed E-state index contributed by atoms with van der Waals surface area (Å²) in [6.07, 6.45) is 2.03. The molecule has 1 N–H and O–H groups in total. The summed E-state index contributed by atoms with van der Waals surface area (Å²) in [6.45, 7) is 6.32. The van der Waals surface area contributed by atoms with E-state index in [9.17, 15) is 4.79 Å². The van der Waals surface area contributed by atoms with E-state index in [1.807, 2.05) is 38.3 Å². The zero-order chi connectivity index (χ0) is 18.2. The van der Waals surface area contributed by atoms with Crippen molar-refractivity contribution in [3.05, 3.63) is 39.8 Å². The van der Waals surface area contributed by atoms with E-state index < -0.39 is 0 Å². The van der Waals surface area contributed by atoms with Crippen molar-refractivity contribution in [1.29, 1.82) is 0 Å². The zero-order valence-corrected chi connectivity index (χ0v) is 15.7. The van der Waals surface area contributed by atoms with Gasteiger partial charge in [-0.15, -0.1) is 11.3 Å². The van der Waals surface area contributed by atoms with Gasteiger partial charge in [0.2, 0.25) is 5.91 Å². The number of aryl methyl sites for hydroxylation is 1. The standard InChI is InChI=1S/C18H23N3O3S/c1-12(2)7-18(22)21-19-9-14-5-6-16(17(8-14)23-4)24-10-15-11-25-13(3)20-15/h5-6,8-9,11-12H,7,10H2,1-4H3,(H,21,22)/b19-9-. The molecule has 6 nitrogen and oxygen atoms in total. The lowest BCUT2D eigenvalue weighted by atomic mass is 10.1. The minimum absolute atomic E-state index is 0.100. The fourth-order valence-electron chi connectivity index (χ4n) is 2.11. The van der Waals surface area contributed by atoms with Gasteiger partial charge in [0.25, 0.3) is 0 Å². The molecule has 1 aromatic heterocycles. The van der Waals surface area contributed by atoms with Crippen LogP contribution in [0.1, 0.15) is 36.5 Å². The van der Waals surface area contributed by atoms with Gasteiger partial charge >= 0.3 is 0 Å². The lowest BCUT2D eigenvalue weighted by molar-refractivity contribution is -0.121. The van der Waals surface area contributed by atoms with Gasteiger partial charge in [0, 0.05) is 11.8 Å². The van der Waals surface area contributed by atoms with Crippen LogP contribution in [0.15, 0.2) is 28.7 Å². The van der Waals surface area contributed by atoms with E-state index in [0.29, 0.717) is 30.4 Å². The quantitative estimate of drug-likeness (QED) is 0.577. The van der Waals surface area contributed by atoms with E-state index in [2.05, 4.69) is 15.5 Å². The average Bonchev–Trinajstić information content (AvgIpc) is 2.98. The first kappa shape index (κ1) is 18.9. The second-order valence-electron chi connectivity index (χ2n) is 5.95. The maximum Gasteiger partial charge on any atom is 0.240 e. The van der Waals surface area contributed by atoms with Gasteiger partial charge in [-0.2, -0.15) is 5.10 Å². The maximum atomic E-state index is 11.6. The van der Waals surface area contributed by atoms with Crippen LogP contribution in [0.25, 0.3) is 0 Å². The average molecular weight is 361 g/mol. The summed E-state index contributed by atoms with van der Waals surface area (Å²) in [4.78, 5) is 15.9. The van der Waals surface area contributed by atoms with Gasteiger partial charge in [-0.1, -0.05) is 13.8 Å². The first-order chi connectivity index (χ1) is 12.0. The van der Waals surface area contributed by atoms with Crippen LogP contribution in [0.2, 0.25) is 0 Å². The van der Waals surface area contributed by atoms with Gasteiger partial charge in [0.1, 0.15) is 6.61 Å². The highest BCUT2D eigenvalue weighted by atomic mass is 32.1. The highest BCUT2D eigenvalue weighted by molar-refractivity contribution is 7.09. The minimum atomic E-state index is -0.100. The Kier molecular flexibility index (Phi) is 6.94. The number of aromatic nitrogens is 1. The van der Waals surface area contributed by atoms with Crippen LogP contribution in [0.4, 0.5) is 0 Å². The number of rotatable bonds is 8. The number of methoxy groups -OCH3 is 1. The normalized spacial score (nSPS) is 11.1. The highest BCUT2D eigenvalue weighted by Gasteiger charge is 2.07. The molecule has 2 rings (SSSR count). The van der Waals surface area contributed by atoms with Crippen molar-refractivity contribution in [3.63, 3.8) is 0 Å². The van der Waals surface area contributed by atoms with Gasteiger partial charge in [-0.3, -0.25) is 4.79 Å². The molecule has 0 spiro atoms. The summed E-state index contributed by atoms with van der Waals surface area (Å²) in [5.41, 5.74) is 4.21. The molecule has 0 aliphatic carbocycles. The summed E-state index contributed by atoms with van der Waals surface area (Å²) in [5, 5.41) is 6.95. The van der Waals surface area contributed by atoms with Crippen LogP contribution in [0, 0.1) is 12.8 Å². The number of ether oxygens (including phenoxy) is 2. The van der Waals surface area contributed by atoms with Crippen molar-refractivity contribution in [2.75, 3.05) is 7.11 Å². The Bertz CT molecular complexity index is 741. The fraction of sp³-hybridized carbons (Fsp3) is 0.389. The lowest BCUT2D eigenvalue weighted by Gasteiger charge is -2.10. The molecule has 1 amide bonds. The van der Waals surface area contributed by atoms with Gasteiger partial charge < -0.3 is 9.47 Å². The smallest absolute Gasteiger partial charge is 0.240 e. The first-order valence-corrected chi connectivity index (χ1v) is 8.89. The van der Waals surface area contributed by atoms with E-state index in [4.69, 9.17) is 9.47 Å². The molecule has 0 saturated heterocycles. The number of thiazole rings is 1. The van der Waals surface area contributed by atoms with Crippen molar-refractivity contribution in [2.24, 2.45) is 11.0 Å². The molecular weight excluding hydrogens is 338 g/mol. The number of carbonyl (C=O) groups is 1. The third-order valence-corrected chi connectivity index (χ3v) is 4.05. The molecule has 0 aliphatic rings. The Labute approximate surface area is 151 Å². The molecule has 25 heavy (non-hydrogen) atoms. The molecule has 1 aromatic carbocycles. The highest BCUT2D eigenvalue weighted by Crippen LogP contribution is 2.28. The van der Waals surface area contributed by atoms with E-state index >= 15 is 0 Å². The molecular formula is C18H23N3O3S. The van der Waals surface area contributed by atoms with Crippen molar-refractivity contribution in [1.82, 2.24) is 10.4 Å². The van der Waals surface area contributed by atoms with Crippen molar-refractivity contribution in [3.8, 4) is 11.5 Å². The van der Waals surface area contributed by atoms with Crippen LogP contribution in [-0.2, 0) is 11.4 Å². The van der Waals surface area contributed by atoms with Crippen LogP contribution in [0.5, 0.6) is 11.5 Å². The Morgan fingerprint density at radius 1 is 1.40 bits per heavy atom. The van der Waals surface area contributed by atoms with Gasteiger partial charge in [0.15, 0.2) is 11.5 Å². The van der Waals surface area contributed by atoms with E-state index in [-0.39, 0.29) is 5.91 Å². The lowest BCUT2D eigenvalue weighted by Crippen LogP contribution is -2.19. The summed E-state index contributed by atoms with van der Waals surface area (Å²) in [6, 6.07) is 5.47. The summed E-state index contributed by atoms with van der Waals surface area (Å²) >= 11 is 1.59. The topological polar surface area (TPSA) is 72.8 Å². The molecule has 0 atom stereocenters. The molecule has 2 aromatic rings. The Morgan fingerprint density at radius 3 is 2.84 bits per heavy atom. The predicted octanol–water partition coefficient (Wildman–Crippen LogP) is 3.54. The van der Waals surface area contributed by atoms with Gasteiger partial charge in [-0.25, -0.2) is 10.4 Å². The van der Waals surface area contributed by atoms with Crippen molar-refractivity contribution >= 4 is 23.5 Å².